The molecule has 0 fully saturated rings. The average Bonchev–Trinajstić information content (AvgIpc) is 2.81. The number of methoxy groups -OCH3 is 1. The van der Waals surface area contributed by atoms with Gasteiger partial charge in [0.25, 0.3) is 0 Å². The molecule has 0 unspecified atom stereocenters. The summed E-state index contributed by atoms with van der Waals surface area (Å²) in [6.45, 7) is 0.327. The lowest BCUT2D eigenvalue weighted by Gasteiger charge is -2.06. The van der Waals surface area contributed by atoms with Crippen LogP contribution in [0.25, 0.3) is 10.9 Å². The van der Waals surface area contributed by atoms with E-state index in [0.29, 0.717) is 23.9 Å². The second-order valence-corrected chi connectivity index (χ2v) is 4.65. The zero-order valence-corrected chi connectivity index (χ0v) is 11.5. The molecule has 0 aliphatic rings. The molecule has 1 aromatic carbocycles. The summed E-state index contributed by atoms with van der Waals surface area (Å²) < 4.78 is 42.5. The Morgan fingerprint density at radius 3 is 2.67 bits per heavy atom. The molecule has 0 saturated carbocycles. The van der Waals surface area contributed by atoms with E-state index in [1.165, 1.54) is 7.11 Å². The highest BCUT2D eigenvalue weighted by Crippen LogP contribution is 2.23. The largest absolute Gasteiger partial charge is 0.464 e. The molecule has 2 aromatic rings. The monoisotopic (exact) mass is 300 g/mol. The van der Waals surface area contributed by atoms with Crippen LogP contribution in [0.15, 0.2) is 24.3 Å². The Bertz CT molecular complexity index is 635. The summed E-state index contributed by atoms with van der Waals surface area (Å²) in [6.07, 6.45) is -4.57. The zero-order valence-electron chi connectivity index (χ0n) is 11.5. The molecule has 0 radical (unpaired) electrons. The van der Waals surface area contributed by atoms with Crippen LogP contribution < -0.4 is 0 Å². The van der Waals surface area contributed by atoms with Crippen molar-refractivity contribution >= 4 is 16.9 Å². The number of alkyl halides is 3. The highest BCUT2D eigenvalue weighted by molar-refractivity contribution is 6.02. The lowest BCUT2D eigenvalue weighted by atomic mass is 10.2. The number of halogens is 3. The van der Waals surface area contributed by atoms with E-state index in [1.807, 2.05) is 0 Å². The molecule has 1 heterocycles. The Hall–Kier alpha value is -2.05. The molecule has 0 bridgehead atoms. The number of para-hydroxylation sites is 1. The summed E-state index contributed by atoms with van der Waals surface area (Å²) in [6, 6.07) is 7.07. The smallest absolute Gasteiger partial charge is 0.389 e. The van der Waals surface area contributed by atoms with Crippen molar-refractivity contribution in [3.8, 4) is 0 Å². The van der Waals surface area contributed by atoms with Crippen molar-refractivity contribution in [2.45, 2.75) is 32.0 Å². The lowest BCUT2D eigenvalue weighted by molar-refractivity contribution is -0.135. The van der Waals surface area contributed by atoms with Gasteiger partial charge in [0.05, 0.1) is 12.6 Å². The topological polar surface area (TPSA) is 44.1 Å². The predicted octanol–water partition coefficient (Wildman–Crippen LogP) is 3.56. The van der Waals surface area contributed by atoms with Gasteiger partial charge in [0.2, 0.25) is 0 Å². The van der Waals surface area contributed by atoms with Gasteiger partial charge in [-0.2, -0.15) is 18.3 Å². The number of hydrogen-bond donors (Lipinski definition) is 0. The van der Waals surface area contributed by atoms with Gasteiger partial charge in [-0.05, 0) is 18.9 Å². The SMILES string of the molecule is COC(=O)c1nn(CCCCC(F)(F)F)c2ccccc12. The third kappa shape index (κ3) is 3.74. The number of nitrogens with zero attached hydrogens (tertiary/aromatic N) is 2. The molecular formula is C14H15F3N2O2. The van der Waals surface area contributed by atoms with E-state index < -0.39 is 18.6 Å². The number of esters is 1. The van der Waals surface area contributed by atoms with E-state index in [4.69, 9.17) is 0 Å². The number of carbonyl (C=O) groups excluding carboxylic acids is 1. The Morgan fingerprint density at radius 2 is 2.00 bits per heavy atom. The Labute approximate surface area is 119 Å². The highest BCUT2D eigenvalue weighted by Gasteiger charge is 2.26. The summed E-state index contributed by atoms with van der Waals surface area (Å²) in [5.74, 6) is -0.555. The number of fused-ring (bicyclic) bond motifs is 1. The van der Waals surface area contributed by atoms with Crippen molar-refractivity contribution in [2.24, 2.45) is 0 Å². The highest BCUT2D eigenvalue weighted by atomic mass is 19.4. The molecule has 7 heteroatoms. The quantitative estimate of drug-likeness (QED) is 0.626. The van der Waals surface area contributed by atoms with Crippen LogP contribution in [0.1, 0.15) is 29.8 Å². The number of hydrogen-bond acceptors (Lipinski definition) is 3. The fraction of sp³-hybridized carbons (Fsp3) is 0.429. The predicted molar refractivity (Wildman–Crippen MR) is 71.0 cm³/mol. The molecule has 0 saturated heterocycles. The molecule has 0 aliphatic carbocycles. The Kier molecular flexibility index (Phi) is 4.50. The fourth-order valence-corrected chi connectivity index (χ4v) is 2.13. The van der Waals surface area contributed by atoms with Crippen LogP contribution in [0.5, 0.6) is 0 Å². The summed E-state index contributed by atoms with van der Waals surface area (Å²) in [5.41, 5.74) is 0.897. The van der Waals surface area contributed by atoms with Gasteiger partial charge in [-0.3, -0.25) is 4.68 Å². The van der Waals surface area contributed by atoms with Crippen LogP contribution in [0.4, 0.5) is 13.2 Å². The first-order chi connectivity index (χ1) is 9.92. The molecule has 0 spiro atoms. The molecular weight excluding hydrogens is 285 g/mol. The van der Waals surface area contributed by atoms with Gasteiger partial charge in [0.15, 0.2) is 5.69 Å². The minimum absolute atomic E-state index is 0.0330. The van der Waals surface area contributed by atoms with Crippen molar-refractivity contribution in [1.82, 2.24) is 9.78 Å². The maximum Gasteiger partial charge on any atom is 0.389 e. The van der Waals surface area contributed by atoms with Crippen LogP contribution in [0.3, 0.4) is 0 Å². The standard InChI is InChI=1S/C14H15F3N2O2/c1-21-13(20)12-10-6-2-3-7-11(10)19(18-12)9-5-4-8-14(15,16)17/h2-3,6-7H,4-5,8-9H2,1H3. The van der Waals surface area contributed by atoms with Crippen LogP contribution in [0.2, 0.25) is 0 Å². The van der Waals surface area contributed by atoms with Gasteiger partial charge in [-0.25, -0.2) is 4.79 Å². The van der Waals surface area contributed by atoms with Crippen molar-refractivity contribution in [2.75, 3.05) is 7.11 Å². The minimum Gasteiger partial charge on any atom is -0.464 e. The maximum atomic E-state index is 12.1. The number of rotatable bonds is 5. The third-order valence-corrected chi connectivity index (χ3v) is 3.12. The van der Waals surface area contributed by atoms with Gasteiger partial charge >= 0.3 is 12.1 Å². The first-order valence-electron chi connectivity index (χ1n) is 6.53. The molecule has 0 amide bonds. The van der Waals surface area contributed by atoms with E-state index in [-0.39, 0.29) is 12.1 Å². The number of aromatic nitrogens is 2. The van der Waals surface area contributed by atoms with E-state index in [1.54, 1.807) is 28.9 Å². The lowest BCUT2D eigenvalue weighted by Crippen LogP contribution is -2.09. The first-order valence-corrected chi connectivity index (χ1v) is 6.53. The minimum atomic E-state index is -4.14. The number of ether oxygens (including phenoxy) is 1. The van der Waals surface area contributed by atoms with Crippen molar-refractivity contribution < 1.29 is 22.7 Å². The number of aryl methyl sites for hydroxylation is 1. The van der Waals surface area contributed by atoms with Crippen LogP contribution in [-0.4, -0.2) is 29.0 Å². The van der Waals surface area contributed by atoms with Gasteiger partial charge in [-0.1, -0.05) is 18.2 Å². The van der Waals surface area contributed by atoms with Crippen molar-refractivity contribution in [3.63, 3.8) is 0 Å². The molecule has 0 aliphatic heterocycles. The van der Waals surface area contributed by atoms with Gasteiger partial charge < -0.3 is 4.74 Å². The molecule has 0 N–H and O–H groups in total. The summed E-state index contributed by atoms with van der Waals surface area (Å²) in [7, 11) is 1.26. The van der Waals surface area contributed by atoms with Crippen molar-refractivity contribution in [3.05, 3.63) is 30.0 Å². The molecule has 2 rings (SSSR count). The van der Waals surface area contributed by atoms with E-state index in [2.05, 4.69) is 9.84 Å². The number of unbranched alkanes of at least 4 members (excludes halogenated alkanes) is 1. The van der Waals surface area contributed by atoms with Gasteiger partial charge in [0, 0.05) is 18.4 Å². The second kappa shape index (κ2) is 6.15. The Balaban J connectivity index is 2.15. The van der Waals surface area contributed by atoms with Crippen LogP contribution in [-0.2, 0) is 11.3 Å². The van der Waals surface area contributed by atoms with Crippen molar-refractivity contribution in [1.29, 1.82) is 0 Å². The molecule has 21 heavy (non-hydrogen) atoms. The van der Waals surface area contributed by atoms with E-state index >= 15 is 0 Å². The molecule has 0 atom stereocenters. The Morgan fingerprint density at radius 1 is 1.29 bits per heavy atom. The second-order valence-electron chi connectivity index (χ2n) is 4.65. The molecule has 1 aromatic heterocycles. The number of benzene rings is 1. The summed E-state index contributed by atoms with van der Waals surface area (Å²) in [5, 5.41) is 4.79. The number of carbonyl (C=O) groups is 1. The van der Waals surface area contributed by atoms with E-state index in [0.717, 1.165) is 0 Å². The summed E-state index contributed by atoms with van der Waals surface area (Å²) >= 11 is 0. The third-order valence-electron chi connectivity index (χ3n) is 3.12. The fourth-order valence-electron chi connectivity index (χ4n) is 2.13. The van der Waals surface area contributed by atoms with Crippen LogP contribution in [0, 0.1) is 0 Å². The molecule has 114 valence electrons. The summed E-state index contributed by atoms with van der Waals surface area (Å²) in [4.78, 5) is 11.7. The van der Waals surface area contributed by atoms with Gasteiger partial charge in [0.1, 0.15) is 0 Å². The average molecular weight is 300 g/mol. The molecule has 4 nitrogen and oxygen atoms in total. The van der Waals surface area contributed by atoms with E-state index in [9.17, 15) is 18.0 Å². The van der Waals surface area contributed by atoms with Gasteiger partial charge in [-0.15, -0.1) is 0 Å². The first kappa shape index (κ1) is 15.3. The van der Waals surface area contributed by atoms with Crippen LogP contribution >= 0.6 is 0 Å². The normalized spacial score (nSPS) is 11.8. The maximum absolute atomic E-state index is 12.1. The zero-order chi connectivity index (χ0) is 15.5.